The summed E-state index contributed by atoms with van der Waals surface area (Å²) < 4.78 is 5.43. The molecule has 2 rings (SSSR count). The van der Waals surface area contributed by atoms with Gasteiger partial charge in [-0.15, -0.1) is 0 Å². The van der Waals surface area contributed by atoms with Gasteiger partial charge in [0.2, 0.25) is 5.28 Å². The van der Waals surface area contributed by atoms with E-state index in [2.05, 4.69) is 34.0 Å². The Morgan fingerprint density at radius 2 is 1.95 bits per heavy atom. The van der Waals surface area contributed by atoms with Gasteiger partial charge < -0.3 is 4.74 Å². The quantitative estimate of drug-likeness (QED) is 0.809. The molecule has 0 radical (unpaired) electrons. The van der Waals surface area contributed by atoms with E-state index in [-0.39, 0.29) is 11.3 Å². The van der Waals surface area contributed by atoms with E-state index in [4.69, 9.17) is 16.3 Å². The maximum Gasteiger partial charge on any atom is 0.321 e. The standard InChI is InChI=1S/C15H18ClN3O/c1-3-6-11-7-5-8-12(10-11)13-17-14(16)19-15(18-13)20-9-4-2/h5,7-8,10H,3-4,6,9H2,1-2H3. The first kappa shape index (κ1) is 14.7. The molecule has 5 heteroatoms. The highest BCUT2D eigenvalue weighted by molar-refractivity contribution is 6.28. The average Bonchev–Trinajstić information content (AvgIpc) is 2.45. The zero-order chi connectivity index (χ0) is 14.4. The molecule has 1 heterocycles. The summed E-state index contributed by atoms with van der Waals surface area (Å²) in [6, 6.07) is 8.44. The Bertz CT molecular complexity index is 575. The van der Waals surface area contributed by atoms with E-state index < -0.39 is 0 Å². The predicted molar refractivity (Wildman–Crippen MR) is 80.1 cm³/mol. The van der Waals surface area contributed by atoms with Crippen LogP contribution >= 0.6 is 11.6 Å². The summed E-state index contributed by atoms with van der Waals surface area (Å²) >= 11 is 5.94. The third-order valence-corrected chi connectivity index (χ3v) is 2.92. The van der Waals surface area contributed by atoms with Crippen molar-refractivity contribution in [2.75, 3.05) is 6.61 Å². The fraction of sp³-hybridized carbons (Fsp3) is 0.400. The van der Waals surface area contributed by atoms with Crippen molar-refractivity contribution in [1.82, 2.24) is 15.0 Å². The van der Waals surface area contributed by atoms with E-state index in [9.17, 15) is 0 Å². The van der Waals surface area contributed by atoms with Crippen molar-refractivity contribution >= 4 is 11.6 Å². The summed E-state index contributed by atoms with van der Waals surface area (Å²) in [6.07, 6.45) is 3.03. The third-order valence-electron chi connectivity index (χ3n) is 2.75. The van der Waals surface area contributed by atoms with Gasteiger partial charge in [0.25, 0.3) is 0 Å². The molecule has 106 valence electrons. The maximum atomic E-state index is 5.94. The van der Waals surface area contributed by atoms with Crippen molar-refractivity contribution in [2.45, 2.75) is 33.1 Å². The Labute approximate surface area is 124 Å². The summed E-state index contributed by atoms with van der Waals surface area (Å²) in [6.45, 7) is 4.75. The van der Waals surface area contributed by atoms with Gasteiger partial charge in [0.1, 0.15) is 0 Å². The minimum atomic E-state index is 0.155. The molecule has 0 atom stereocenters. The van der Waals surface area contributed by atoms with E-state index in [0.29, 0.717) is 12.4 Å². The normalized spacial score (nSPS) is 10.6. The Balaban J connectivity index is 2.31. The van der Waals surface area contributed by atoms with E-state index in [1.54, 1.807) is 0 Å². The molecule has 20 heavy (non-hydrogen) atoms. The van der Waals surface area contributed by atoms with Crippen molar-refractivity contribution < 1.29 is 4.74 Å². The van der Waals surface area contributed by atoms with Crippen LogP contribution in [0.4, 0.5) is 0 Å². The molecule has 0 aliphatic rings. The molecule has 0 saturated carbocycles. The molecule has 1 aromatic carbocycles. The summed E-state index contributed by atoms with van der Waals surface area (Å²) in [5.74, 6) is 0.550. The van der Waals surface area contributed by atoms with Crippen molar-refractivity contribution in [3.63, 3.8) is 0 Å². The highest BCUT2D eigenvalue weighted by Crippen LogP contribution is 2.20. The van der Waals surface area contributed by atoms with Crippen LogP contribution in [0.3, 0.4) is 0 Å². The van der Waals surface area contributed by atoms with E-state index >= 15 is 0 Å². The Morgan fingerprint density at radius 1 is 1.10 bits per heavy atom. The number of halogens is 1. The second kappa shape index (κ2) is 7.20. The van der Waals surface area contributed by atoms with Gasteiger partial charge in [0.05, 0.1) is 6.61 Å². The highest BCUT2D eigenvalue weighted by atomic mass is 35.5. The van der Waals surface area contributed by atoms with Crippen molar-refractivity contribution in [3.8, 4) is 17.4 Å². The maximum absolute atomic E-state index is 5.94. The minimum Gasteiger partial charge on any atom is -0.463 e. The number of aryl methyl sites for hydroxylation is 1. The van der Waals surface area contributed by atoms with Gasteiger partial charge in [-0.1, -0.05) is 38.5 Å². The zero-order valence-electron chi connectivity index (χ0n) is 11.8. The molecular weight excluding hydrogens is 274 g/mol. The molecule has 0 bridgehead atoms. The van der Waals surface area contributed by atoms with E-state index in [1.165, 1.54) is 5.56 Å². The van der Waals surface area contributed by atoms with Crippen LogP contribution in [0.1, 0.15) is 32.3 Å². The molecule has 2 aromatic rings. The zero-order valence-corrected chi connectivity index (χ0v) is 12.5. The average molecular weight is 292 g/mol. The SMILES string of the molecule is CCCOc1nc(Cl)nc(-c2cccc(CCC)c2)n1. The van der Waals surface area contributed by atoms with Gasteiger partial charge in [-0.2, -0.15) is 15.0 Å². The van der Waals surface area contributed by atoms with Crippen LogP contribution in [0.2, 0.25) is 5.28 Å². The van der Waals surface area contributed by atoms with Gasteiger partial charge in [0.15, 0.2) is 5.82 Å². The predicted octanol–water partition coefficient (Wildman–Crippen LogP) is 3.93. The van der Waals surface area contributed by atoms with Crippen LogP contribution in [0.25, 0.3) is 11.4 Å². The molecule has 0 unspecified atom stereocenters. The lowest BCUT2D eigenvalue weighted by atomic mass is 10.1. The highest BCUT2D eigenvalue weighted by Gasteiger charge is 2.08. The molecule has 1 aromatic heterocycles. The first-order valence-corrected chi connectivity index (χ1v) is 7.24. The van der Waals surface area contributed by atoms with Crippen LogP contribution < -0.4 is 4.74 Å². The number of hydrogen-bond donors (Lipinski definition) is 0. The van der Waals surface area contributed by atoms with Crippen LogP contribution in [0.15, 0.2) is 24.3 Å². The Kier molecular flexibility index (Phi) is 5.30. The summed E-state index contributed by atoms with van der Waals surface area (Å²) in [5, 5.41) is 0.155. The Morgan fingerprint density at radius 3 is 2.70 bits per heavy atom. The van der Waals surface area contributed by atoms with Crippen molar-refractivity contribution in [3.05, 3.63) is 35.1 Å². The van der Waals surface area contributed by atoms with Crippen LogP contribution in [0.5, 0.6) is 6.01 Å². The molecule has 0 aliphatic carbocycles. The molecule has 0 amide bonds. The Hall–Kier alpha value is -1.68. The molecule has 0 spiro atoms. The molecule has 4 nitrogen and oxygen atoms in total. The second-order valence-corrected chi connectivity index (χ2v) is 4.85. The molecule has 0 aliphatic heterocycles. The van der Waals surface area contributed by atoms with E-state index in [1.807, 2.05) is 19.1 Å². The number of ether oxygens (including phenoxy) is 1. The van der Waals surface area contributed by atoms with Gasteiger partial charge >= 0.3 is 6.01 Å². The summed E-state index contributed by atoms with van der Waals surface area (Å²) in [5.41, 5.74) is 2.19. The molecule has 0 fully saturated rings. The fourth-order valence-corrected chi connectivity index (χ4v) is 2.03. The second-order valence-electron chi connectivity index (χ2n) is 4.51. The first-order chi connectivity index (χ1) is 9.72. The third kappa shape index (κ3) is 3.90. The van der Waals surface area contributed by atoms with E-state index in [0.717, 1.165) is 24.8 Å². The lowest BCUT2D eigenvalue weighted by Gasteiger charge is -2.06. The van der Waals surface area contributed by atoms with Crippen LogP contribution in [-0.2, 0) is 6.42 Å². The summed E-state index contributed by atoms with van der Waals surface area (Å²) in [7, 11) is 0. The van der Waals surface area contributed by atoms with Gasteiger partial charge in [-0.05, 0) is 36.1 Å². The molecule has 0 N–H and O–H groups in total. The van der Waals surface area contributed by atoms with Gasteiger partial charge in [-0.25, -0.2) is 0 Å². The smallest absolute Gasteiger partial charge is 0.321 e. The minimum absolute atomic E-state index is 0.155. The first-order valence-electron chi connectivity index (χ1n) is 6.86. The van der Waals surface area contributed by atoms with Gasteiger partial charge in [0, 0.05) is 5.56 Å². The number of benzene rings is 1. The van der Waals surface area contributed by atoms with Crippen molar-refractivity contribution in [2.24, 2.45) is 0 Å². The number of nitrogens with zero attached hydrogens (tertiary/aromatic N) is 3. The number of aromatic nitrogens is 3. The molecule has 0 saturated heterocycles. The lowest BCUT2D eigenvalue weighted by Crippen LogP contribution is -2.03. The number of hydrogen-bond acceptors (Lipinski definition) is 4. The van der Waals surface area contributed by atoms with Crippen LogP contribution in [-0.4, -0.2) is 21.6 Å². The number of rotatable bonds is 6. The monoisotopic (exact) mass is 291 g/mol. The lowest BCUT2D eigenvalue weighted by molar-refractivity contribution is 0.291. The topological polar surface area (TPSA) is 47.9 Å². The van der Waals surface area contributed by atoms with Crippen molar-refractivity contribution in [1.29, 1.82) is 0 Å². The largest absolute Gasteiger partial charge is 0.463 e. The van der Waals surface area contributed by atoms with Crippen LogP contribution in [0, 0.1) is 0 Å². The summed E-state index contributed by atoms with van der Waals surface area (Å²) in [4.78, 5) is 12.5. The molecular formula is C15H18ClN3O. The van der Waals surface area contributed by atoms with Gasteiger partial charge in [-0.3, -0.25) is 0 Å². The fourth-order valence-electron chi connectivity index (χ4n) is 1.87.